The van der Waals surface area contributed by atoms with Crippen LogP contribution in [0.5, 0.6) is 0 Å². The first-order chi connectivity index (χ1) is 11.4. The number of carboxylic acid groups (broad SMARTS) is 1. The van der Waals surface area contributed by atoms with E-state index in [9.17, 15) is 14.3 Å². The first-order valence-corrected chi connectivity index (χ1v) is 8.02. The topological polar surface area (TPSA) is 66.3 Å². The lowest BCUT2D eigenvalue weighted by atomic mass is 9.90. The molecule has 1 aromatic carbocycles. The fraction of sp³-hybridized carbons (Fsp3) is 0.389. The molecule has 1 aliphatic rings. The number of hydrogen-bond acceptors (Lipinski definition) is 4. The van der Waals surface area contributed by atoms with Crippen molar-refractivity contribution in [3.8, 4) is 11.3 Å². The van der Waals surface area contributed by atoms with Crippen LogP contribution < -0.4 is 4.90 Å². The number of rotatable bonds is 3. The van der Waals surface area contributed by atoms with Gasteiger partial charge in [-0.3, -0.25) is 4.79 Å². The number of aryl methyl sites for hydroxylation is 1. The number of piperidine rings is 1. The molecule has 1 aromatic heterocycles. The van der Waals surface area contributed by atoms with Gasteiger partial charge in [-0.25, -0.2) is 4.39 Å². The molecule has 5 nitrogen and oxygen atoms in total. The van der Waals surface area contributed by atoms with Gasteiger partial charge in [0.2, 0.25) is 0 Å². The van der Waals surface area contributed by atoms with Crippen LogP contribution in [0.2, 0.25) is 0 Å². The number of hydrogen-bond donors (Lipinski definition) is 1. The minimum Gasteiger partial charge on any atom is -0.481 e. The van der Waals surface area contributed by atoms with Gasteiger partial charge in [0.15, 0.2) is 5.82 Å². The summed E-state index contributed by atoms with van der Waals surface area (Å²) in [5.41, 5.74) is 2.19. The van der Waals surface area contributed by atoms with E-state index in [1.165, 1.54) is 12.1 Å². The van der Waals surface area contributed by atoms with Gasteiger partial charge in [-0.1, -0.05) is 19.1 Å². The molecule has 3 rings (SSSR count). The van der Waals surface area contributed by atoms with E-state index in [0.29, 0.717) is 30.0 Å². The van der Waals surface area contributed by atoms with Crippen molar-refractivity contribution in [3.63, 3.8) is 0 Å². The average molecular weight is 329 g/mol. The molecule has 1 saturated heterocycles. The summed E-state index contributed by atoms with van der Waals surface area (Å²) in [7, 11) is 0. The van der Waals surface area contributed by atoms with E-state index in [1.807, 2.05) is 24.8 Å². The Morgan fingerprint density at radius 1 is 1.29 bits per heavy atom. The number of aliphatic carboxylic acids is 1. The molecular weight excluding hydrogens is 309 g/mol. The maximum absolute atomic E-state index is 13.4. The Bertz CT molecular complexity index is 766. The molecule has 2 unspecified atom stereocenters. The molecule has 2 heterocycles. The van der Waals surface area contributed by atoms with Crippen molar-refractivity contribution in [1.29, 1.82) is 0 Å². The van der Waals surface area contributed by atoms with Gasteiger partial charge in [-0.2, -0.15) is 0 Å². The van der Waals surface area contributed by atoms with E-state index in [1.54, 1.807) is 12.1 Å². The van der Waals surface area contributed by atoms with E-state index in [0.717, 1.165) is 12.1 Å². The molecule has 1 N–H and O–H groups in total. The lowest BCUT2D eigenvalue weighted by Crippen LogP contribution is -2.43. The number of benzene rings is 1. The third kappa shape index (κ3) is 3.37. The van der Waals surface area contributed by atoms with E-state index >= 15 is 0 Å². The van der Waals surface area contributed by atoms with Crippen LogP contribution >= 0.6 is 0 Å². The Morgan fingerprint density at radius 3 is 2.75 bits per heavy atom. The third-order valence-electron chi connectivity index (χ3n) is 4.39. The second kappa shape index (κ2) is 6.55. The smallest absolute Gasteiger partial charge is 0.308 e. The van der Waals surface area contributed by atoms with Crippen LogP contribution in [0, 0.1) is 24.6 Å². The molecule has 0 amide bonds. The van der Waals surface area contributed by atoms with Crippen LogP contribution in [-0.4, -0.2) is 34.4 Å². The number of carbonyl (C=O) groups is 1. The molecule has 0 spiro atoms. The van der Waals surface area contributed by atoms with Gasteiger partial charge in [0.25, 0.3) is 0 Å². The Balaban J connectivity index is 1.88. The number of halogens is 1. The van der Waals surface area contributed by atoms with Gasteiger partial charge >= 0.3 is 5.97 Å². The Labute approximate surface area is 140 Å². The highest BCUT2D eigenvalue weighted by molar-refractivity contribution is 5.71. The van der Waals surface area contributed by atoms with E-state index < -0.39 is 11.9 Å². The van der Waals surface area contributed by atoms with Gasteiger partial charge in [0.05, 0.1) is 11.6 Å². The largest absolute Gasteiger partial charge is 0.481 e. The van der Waals surface area contributed by atoms with Crippen molar-refractivity contribution in [2.45, 2.75) is 20.3 Å². The van der Waals surface area contributed by atoms with Crippen molar-refractivity contribution >= 4 is 11.8 Å². The first-order valence-electron chi connectivity index (χ1n) is 8.02. The summed E-state index contributed by atoms with van der Waals surface area (Å²) in [5.74, 6) is -0.492. The van der Waals surface area contributed by atoms with Crippen molar-refractivity contribution < 1.29 is 14.3 Å². The first kappa shape index (κ1) is 16.4. The lowest BCUT2D eigenvalue weighted by Gasteiger charge is -2.35. The molecular formula is C18H20FN3O2. The van der Waals surface area contributed by atoms with Crippen molar-refractivity contribution in [3.05, 3.63) is 41.7 Å². The summed E-state index contributed by atoms with van der Waals surface area (Å²) in [5, 5.41) is 17.8. The highest BCUT2D eigenvalue weighted by Crippen LogP contribution is 2.29. The number of nitrogens with zero attached hydrogens (tertiary/aromatic N) is 3. The standard InChI is InChI=1S/C18H20FN3O2/c1-11-6-14(18(23)24)10-22(9-11)17-12(2)7-16(20-21-17)13-4-3-5-15(19)8-13/h3-5,7-8,11,14H,6,9-10H2,1-2H3,(H,23,24). The quantitative estimate of drug-likeness (QED) is 0.937. The van der Waals surface area contributed by atoms with Crippen molar-refractivity contribution in [1.82, 2.24) is 10.2 Å². The van der Waals surface area contributed by atoms with Gasteiger partial charge < -0.3 is 10.0 Å². The molecule has 2 atom stereocenters. The molecule has 0 saturated carbocycles. The monoisotopic (exact) mass is 329 g/mol. The summed E-state index contributed by atoms with van der Waals surface area (Å²) < 4.78 is 13.4. The SMILES string of the molecule is Cc1cc(-c2cccc(F)c2)nnc1N1CC(C)CC(C(=O)O)C1. The van der Waals surface area contributed by atoms with Gasteiger partial charge in [-0.15, -0.1) is 10.2 Å². The zero-order valence-electron chi connectivity index (χ0n) is 13.7. The maximum atomic E-state index is 13.4. The number of anilines is 1. The normalized spacial score (nSPS) is 20.9. The molecule has 0 bridgehead atoms. The fourth-order valence-corrected chi connectivity index (χ4v) is 3.28. The number of aromatic nitrogens is 2. The van der Waals surface area contributed by atoms with Crippen LogP contribution in [0.15, 0.2) is 30.3 Å². The molecule has 6 heteroatoms. The second-order valence-corrected chi connectivity index (χ2v) is 6.53. The Hall–Kier alpha value is -2.50. The van der Waals surface area contributed by atoms with Crippen molar-refractivity contribution in [2.24, 2.45) is 11.8 Å². The third-order valence-corrected chi connectivity index (χ3v) is 4.39. The summed E-state index contributed by atoms with van der Waals surface area (Å²) >= 11 is 0. The Kier molecular flexibility index (Phi) is 4.46. The highest BCUT2D eigenvalue weighted by Gasteiger charge is 2.31. The molecule has 1 aliphatic heterocycles. The zero-order valence-corrected chi connectivity index (χ0v) is 13.7. The van der Waals surface area contributed by atoms with Crippen LogP contribution in [0.4, 0.5) is 10.2 Å². The minimum absolute atomic E-state index is 0.281. The van der Waals surface area contributed by atoms with Gasteiger partial charge in [0.1, 0.15) is 5.82 Å². The highest BCUT2D eigenvalue weighted by atomic mass is 19.1. The second-order valence-electron chi connectivity index (χ2n) is 6.53. The molecule has 0 radical (unpaired) electrons. The van der Waals surface area contributed by atoms with Crippen LogP contribution in [0.3, 0.4) is 0 Å². The fourth-order valence-electron chi connectivity index (χ4n) is 3.28. The summed E-state index contributed by atoms with van der Waals surface area (Å²) in [6, 6.07) is 8.10. The zero-order chi connectivity index (χ0) is 17.3. The summed E-state index contributed by atoms with van der Waals surface area (Å²) in [4.78, 5) is 13.3. The molecule has 24 heavy (non-hydrogen) atoms. The molecule has 2 aromatic rings. The van der Waals surface area contributed by atoms with Crippen LogP contribution in [0.1, 0.15) is 18.9 Å². The predicted octanol–water partition coefficient (Wildman–Crippen LogP) is 3.14. The summed E-state index contributed by atoms with van der Waals surface area (Å²) in [6.07, 6.45) is 0.680. The molecule has 126 valence electrons. The minimum atomic E-state index is -0.770. The van der Waals surface area contributed by atoms with Crippen molar-refractivity contribution in [2.75, 3.05) is 18.0 Å². The van der Waals surface area contributed by atoms with E-state index in [2.05, 4.69) is 10.2 Å². The average Bonchev–Trinajstić information content (AvgIpc) is 2.54. The maximum Gasteiger partial charge on any atom is 0.308 e. The number of carboxylic acids is 1. The summed E-state index contributed by atoms with van der Waals surface area (Å²) in [6.45, 7) is 5.17. The predicted molar refractivity (Wildman–Crippen MR) is 89.3 cm³/mol. The van der Waals surface area contributed by atoms with Crippen LogP contribution in [0.25, 0.3) is 11.3 Å². The molecule has 1 fully saturated rings. The molecule has 0 aliphatic carbocycles. The van der Waals surface area contributed by atoms with Crippen LogP contribution in [-0.2, 0) is 4.79 Å². The van der Waals surface area contributed by atoms with Gasteiger partial charge in [-0.05, 0) is 43.0 Å². The Morgan fingerprint density at radius 2 is 2.08 bits per heavy atom. The van der Waals surface area contributed by atoms with E-state index in [4.69, 9.17) is 0 Å². The lowest BCUT2D eigenvalue weighted by molar-refractivity contribution is -0.142. The van der Waals surface area contributed by atoms with E-state index in [-0.39, 0.29) is 11.7 Å². The van der Waals surface area contributed by atoms with Gasteiger partial charge in [0, 0.05) is 18.7 Å².